The number of alkyl halides is 3. The number of ether oxygens (including phenoxy) is 1. The molecule has 3 N–H and O–H groups in total. The van der Waals surface area contributed by atoms with Crippen molar-refractivity contribution in [3.8, 4) is 5.88 Å². The molecule has 0 unspecified atom stereocenters. The second-order valence-electron chi connectivity index (χ2n) is 7.93. The molecule has 0 aliphatic carbocycles. The minimum absolute atomic E-state index is 0.0603. The van der Waals surface area contributed by atoms with Crippen LogP contribution in [-0.2, 0) is 11.2 Å². The fourth-order valence-corrected chi connectivity index (χ4v) is 4.21. The summed E-state index contributed by atoms with van der Waals surface area (Å²) in [7, 11) is 3.14. The molecular weight excluding hydrogens is 504 g/mol. The number of anilines is 1. The number of amidine groups is 1. The summed E-state index contributed by atoms with van der Waals surface area (Å²) >= 11 is 1.02. The molecule has 1 aromatic heterocycles. The predicted octanol–water partition coefficient (Wildman–Crippen LogP) is 3.27. The van der Waals surface area contributed by atoms with Gasteiger partial charge in [-0.05, 0) is 44.0 Å². The van der Waals surface area contributed by atoms with Gasteiger partial charge in [-0.3, -0.25) is 14.6 Å². The fraction of sp³-hybridized carbons (Fsp3) is 0.409. The van der Waals surface area contributed by atoms with Crippen molar-refractivity contribution in [2.75, 3.05) is 32.6 Å². The van der Waals surface area contributed by atoms with Crippen LogP contribution in [0, 0.1) is 5.82 Å². The Morgan fingerprint density at radius 1 is 1.22 bits per heavy atom. The third-order valence-electron chi connectivity index (χ3n) is 4.58. The summed E-state index contributed by atoms with van der Waals surface area (Å²) in [6.45, 7) is 2.28. The summed E-state index contributed by atoms with van der Waals surface area (Å²) in [5.74, 6) is -2.04. The molecule has 9 nitrogen and oxygen atoms in total. The molecule has 1 heterocycles. The molecule has 0 aliphatic heterocycles. The van der Waals surface area contributed by atoms with Gasteiger partial charge in [0.1, 0.15) is 16.3 Å². The van der Waals surface area contributed by atoms with E-state index in [1.165, 1.54) is 17.0 Å². The second-order valence-corrected chi connectivity index (χ2v) is 9.45. The number of hydrogen-bond donors (Lipinski definition) is 2. The van der Waals surface area contributed by atoms with Gasteiger partial charge in [-0.15, -0.1) is 0 Å². The lowest BCUT2D eigenvalue weighted by atomic mass is 9.98. The molecule has 0 bridgehead atoms. The minimum Gasteiger partial charge on any atom is -0.467 e. The fourth-order valence-electron chi connectivity index (χ4n) is 3.06. The Morgan fingerprint density at radius 3 is 2.47 bits per heavy atom. The SMILES string of the molecule is CCN=C(N)S[C@](C)(Cc1cc(NC(=O)c2cnc(OCC(F)(F)F)cn2)ccc1F)C(=O)N(C)C. The number of carbonyl (C=O) groups is 2. The standard InChI is InChI=1S/C22H26F4N6O3S/c1-5-28-20(27)36-21(2,19(34)32(3)4)9-13-8-14(6-7-15(13)23)31-18(33)16-10-30-17(11-29-16)35-12-22(24,25)26/h6-8,10-11H,5,9,12H2,1-4H3,(H2,27,28)(H,31,33)/t21-/m1/s1. The maximum absolute atomic E-state index is 14.7. The molecule has 2 aromatic rings. The van der Waals surface area contributed by atoms with Gasteiger partial charge < -0.3 is 20.7 Å². The van der Waals surface area contributed by atoms with Crippen LogP contribution in [-0.4, -0.2) is 70.0 Å². The van der Waals surface area contributed by atoms with Crippen LogP contribution in [0.4, 0.5) is 23.2 Å². The number of halogens is 4. The molecule has 14 heteroatoms. The van der Waals surface area contributed by atoms with E-state index in [-0.39, 0.29) is 34.4 Å². The van der Waals surface area contributed by atoms with Gasteiger partial charge in [0.15, 0.2) is 11.8 Å². The Kier molecular flexibility index (Phi) is 9.62. The average molecular weight is 531 g/mol. The van der Waals surface area contributed by atoms with Crippen molar-refractivity contribution in [3.05, 3.63) is 47.7 Å². The van der Waals surface area contributed by atoms with Crippen LogP contribution in [0.25, 0.3) is 0 Å². The number of rotatable bonds is 9. The molecule has 1 aromatic carbocycles. The number of nitrogens with one attached hydrogen (secondary N) is 1. The Bertz CT molecular complexity index is 1110. The van der Waals surface area contributed by atoms with Crippen LogP contribution >= 0.6 is 11.8 Å². The highest BCUT2D eigenvalue weighted by Gasteiger charge is 2.37. The van der Waals surface area contributed by atoms with Gasteiger partial charge in [-0.2, -0.15) is 13.2 Å². The van der Waals surface area contributed by atoms with E-state index in [1.54, 1.807) is 27.9 Å². The number of nitrogens with zero attached hydrogens (tertiary/aromatic N) is 4. The average Bonchev–Trinajstić information content (AvgIpc) is 2.79. The van der Waals surface area contributed by atoms with Gasteiger partial charge in [-0.25, -0.2) is 14.4 Å². The van der Waals surface area contributed by atoms with Crippen LogP contribution in [0.3, 0.4) is 0 Å². The number of aromatic nitrogens is 2. The highest BCUT2D eigenvalue weighted by atomic mass is 32.2. The van der Waals surface area contributed by atoms with Gasteiger partial charge in [0.2, 0.25) is 11.8 Å². The normalized spacial score (nSPS) is 13.6. The number of carbonyl (C=O) groups excluding carboxylic acids is 2. The van der Waals surface area contributed by atoms with Gasteiger partial charge in [-0.1, -0.05) is 11.8 Å². The molecule has 1 atom stereocenters. The van der Waals surface area contributed by atoms with Crippen molar-refractivity contribution in [1.29, 1.82) is 0 Å². The Morgan fingerprint density at radius 2 is 1.92 bits per heavy atom. The van der Waals surface area contributed by atoms with Gasteiger partial charge in [0, 0.05) is 26.3 Å². The van der Waals surface area contributed by atoms with E-state index in [4.69, 9.17) is 5.73 Å². The first-order valence-electron chi connectivity index (χ1n) is 10.6. The van der Waals surface area contributed by atoms with Crippen LogP contribution in [0.1, 0.15) is 29.9 Å². The quantitative estimate of drug-likeness (QED) is 0.290. The van der Waals surface area contributed by atoms with Crippen LogP contribution < -0.4 is 15.8 Å². The minimum atomic E-state index is -4.54. The number of benzene rings is 1. The Hall–Kier alpha value is -3.42. The summed E-state index contributed by atoms with van der Waals surface area (Å²) in [6, 6.07) is 3.83. The predicted molar refractivity (Wildman–Crippen MR) is 128 cm³/mol. The zero-order valence-corrected chi connectivity index (χ0v) is 20.8. The summed E-state index contributed by atoms with van der Waals surface area (Å²) in [6.07, 6.45) is -2.77. The van der Waals surface area contributed by atoms with Crippen molar-refractivity contribution < 1.29 is 31.9 Å². The van der Waals surface area contributed by atoms with E-state index >= 15 is 0 Å². The van der Waals surface area contributed by atoms with Crippen LogP contribution in [0.5, 0.6) is 5.88 Å². The number of aliphatic imine (C=N–C) groups is 1. The summed E-state index contributed by atoms with van der Waals surface area (Å²) < 4.78 is 54.7. The van der Waals surface area contributed by atoms with E-state index in [0.29, 0.717) is 6.54 Å². The zero-order chi connectivity index (χ0) is 27.1. The molecule has 0 fully saturated rings. The first-order valence-corrected chi connectivity index (χ1v) is 11.4. The van der Waals surface area contributed by atoms with E-state index in [0.717, 1.165) is 30.2 Å². The molecule has 2 amide bonds. The first-order chi connectivity index (χ1) is 16.7. The van der Waals surface area contributed by atoms with Gasteiger partial charge in [0.25, 0.3) is 5.91 Å². The molecule has 0 saturated carbocycles. The van der Waals surface area contributed by atoms with E-state index in [2.05, 4.69) is 25.0 Å². The Labute approximate surface area is 209 Å². The van der Waals surface area contributed by atoms with E-state index in [9.17, 15) is 27.2 Å². The number of amides is 2. The smallest absolute Gasteiger partial charge is 0.422 e. The summed E-state index contributed by atoms with van der Waals surface area (Å²) in [5, 5.41) is 2.70. The van der Waals surface area contributed by atoms with Crippen molar-refractivity contribution in [2.45, 2.75) is 31.2 Å². The van der Waals surface area contributed by atoms with Crippen LogP contribution in [0.15, 0.2) is 35.6 Å². The lowest BCUT2D eigenvalue weighted by Gasteiger charge is -2.30. The molecule has 36 heavy (non-hydrogen) atoms. The third kappa shape index (κ3) is 8.36. The molecular formula is C22H26F4N6O3S. The monoisotopic (exact) mass is 530 g/mol. The molecule has 0 spiro atoms. The summed E-state index contributed by atoms with van der Waals surface area (Å²) in [4.78, 5) is 38.3. The van der Waals surface area contributed by atoms with E-state index < -0.39 is 35.1 Å². The lowest BCUT2D eigenvalue weighted by molar-refractivity contribution is -0.154. The van der Waals surface area contributed by atoms with Crippen molar-refractivity contribution >= 4 is 34.4 Å². The second kappa shape index (κ2) is 12.0. The molecule has 196 valence electrons. The highest BCUT2D eigenvalue weighted by molar-refractivity contribution is 8.15. The largest absolute Gasteiger partial charge is 0.467 e. The van der Waals surface area contributed by atoms with Gasteiger partial charge in [0.05, 0.1) is 12.4 Å². The maximum atomic E-state index is 14.7. The highest BCUT2D eigenvalue weighted by Crippen LogP contribution is 2.33. The van der Waals surface area contributed by atoms with Gasteiger partial charge >= 0.3 is 6.18 Å². The third-order valence-corrected chi connectivity index (χ3v) is 5.69. The molecule has 0 radical (unpaired) electrons. The number of hydrogen-bond acceptors (Lipinski definition) is 7. The van der Waals surface area contributed by atoms with E-state index in [1.807, 2.05) is 0 Å². The summed E-state index contributed by atoms with van der Waals surface area (Å²) in [5.41, 5.74) is 6.07. The molecule has 2 rings (SSSR count). The molecule has 0 saturated heterocycles. The Balaban J connectivity index is 2.21. The van der Waals surface area contributed by atoms with Crippen molar-refractivity contribution in [3.63, 3.8) is 0 Å². The lowest BCUT2D eigenvalue weighted by Crippen LogP contribution is -2.44. The maximum Gasteiger partial charge on any atom is 0.422 e. The van der Waals surface area contributed by atoms with Crippen LogP contribution in [0.2, 0.25) is 0 Å². The number of nitrogens with two attached hydrogens (primary N) is 1. The van der Waals surface area contributed by atoms with Crippen molar-refractivity contribution in [1.82, 2.24) is 14.9 Å². The topological polar surface area (TPSA) is 123 Å². The first kappa shape index (κ1) is 28.8. The van der Waals surface area contributed by atoms with Crippen molar-refractivity contribution in [2.24, 2.45) is 10.7 Å². The number of thioether (sulfide) groups is 1. The zero-order valence-electron chi connectivity index (χ0n) is 20.0. The molecule has 0 aliphatic rings.